The highest BCUT2D eigenvalue weighted by Gasteiger charge is 2.26. The Bertz CT molecular complexity index is 578. The van der Waals surface area contributed by atoms with Crippen molar-refractivity contribution in [3.8, 4) is 0 Å². The molecule has 1 unspecified atom stereocenters. The van der Waals surface area contributed by atoms with Gasteiger partial charge in [-0.15, -0.1) is 11.3 Å². The Kier molecular flexibility index (Phi) is 4.94. The van der Waals surface area contributed by atoms with Gasteiger partial charge < -0.3 is 5.32 Å². The molecule has 4 heteroatoms. The molecule has 2 aromatic rings. The lowest BCUT2D eigenvalue weighted by Gasteiger charge is -2.24. The Hall–Kier alpha value is -0.900. The Morgan fingerprint density at radius 1 is 1.29 bits per heavy atom. The van der Waals surface area contributed by atoms with Crippen LogP contribution in [0, 0.1) is 11.7 Å². The van der Waals surface area contributed by atoms with E-state index in [0.29, 0.717) is 12.0 Å². The summed E-state index contributed by atoms with van der Waals surface area (Å²) in [5.74, 6) is 0.352. The molecular weight excluding hydrogens is 305 g/mol. The third-order valence-corrected chi connectivity index (χ3v) is 5.48. The molecule has 1 nitrogen and oxygen atoms in total. The number of rotatable bonds is 5. The van der Waals surface area contributed by atoms with Gasteiger partial charge in [0.25, 0.3) is 0 Å². The quantitative estimate of drug-likeness (QED) is 0.759. The maximum atomic E-state index is 13.2. The van der Waals surface area contributed by atoms with Crippen molar-refractivity contribution in [1.82, 2.24) is 5.32 Å². The van der Waals surface area contributed by atoms with Crippen molar-refractivity contribution in [3.05, 3.63) is 57.0 Å². The molecule has 0 bridgehead atoms. The zero-order chi connectivity index (χ0) is 14.7. The van der Waals surface area contributed by atoms with E-state index in [1.54, 1.807) is 12.1 Å². The van der Waals surface area contributed by atoms with E-state index in [9.17, 15) is 4.39 Å². The topological polar surface area (TPSA) is 12.0 Å². The van der Waals surface area contributed by atoms with Crippen LogP contribution in [0.25, 0.3) is 0 Å². The van der Waals surface area contributed by atoms with Gasteiger partial charge in [-0.05, 0) is 47.9 Å². The van der Waals surface area contributed by atoms with Gasteiger partial charge in [0.15, 0.2) is 0 Å². The lowest BCUT2D eigenvalue weighted by Crippen LogP contribution is -2.26. The number of hydrogen-bond donors (Lipinski definition) is 1. The van der Waals surface area contributed by atoms with E-state index in [1.807, 2.05) is 11.3 Å². The molecule has 112 valence electrons. The maximum Gasteiger partial charge on any atom is 0.141 e. The normalized spacial score (nSPS) is 17.2. The number of nitrogens with one attached hydrogen (secondary N) is 1. The average Bonchev–Trinajstić information content (AvgIpc) is 3.16. The summed E-state index contributed by atoms with van der Waals surface area (Å²) in [5, 5.41) is 5.99. The number of halogens is 2. The summed E-state index contributed by atoms with van der Waals surface area (Å²) in [5.41, 5.74) is 1.03. The summed E-state index contributed by atoms with van der Waals surface area (Å²) < 4.78 is 13.2. The van der Waals surface area contributed by atoms with Crippen LogP contribution in [0.4, 0.5) is 4.39 Å². The van der Waals surface area contributed by atoms with Gasteiger partial charge in [0, 0.05) is 17.5 Å². The zero-order valence-corrected chi connectivity index (χ0v) is 13.4. The molecule has 1 aliphatic rings. The highest BCUT2D eigenvalue weighted by molar-refractivity contribution is 7.10. The minimum absolute atomic E-state index is 0.197. The molecule has 0 spiro atoms. The molecule has 1 aromatic heterocycles. The predicted molar refractivity (Wildman–Crippen MR) is 87.3 cm³/mol. The van der Waals surface area contributed by atoms with E-state index >= 15 is 0 Å². The van der Waals surface area contributed by atoms with Gasteiger partial charge in [0.1, 0.15) is 5.82 Å². The second-order valence-electron chi connectivity index (χ2n) is 5.67. The van der Waals surface area contributed by atoms with Gasteiger partial charge >= 0.3 is 0 Å². The minimum Gasteiger partial charge on any atom is -0.305 e. The first-order valence-corrected chi connectivity index (χ1v) is 8.70. The molecule has 1 aliphatic carbocycles. The fraction of sp³-hybridized carbons (Fsp3) is 0.412. The van der Waals surface area contributed by atoms with Crippen LogP contribution >= 0.6 is 22.9 Å². The first-order chi connectivity index (χ1) is 10.2. The van der Waals surface area contributed by atoms with Gasteiger partial charge in [-0.25, -0.2) is 4.39 Å². The fourth-order valence-corrected chi connectivity index (χ4v) is 4.23. The standard InChI is InChI=1S/C17H19ClFNS/c18-14-10-12(7-8-15(14)19)11-20-17(13-4-1-2-5-13)16-6-3-9-21-16/h3,6-10,13,17,20H,1-2,4-5,11H2. The molecular formula is C17H19ClFNS. The molecule has 1 fully saturated rings. The first kappa shape index (κ1) is 15.0. The van der Waals surface area contributed by atoms with E-state index in [-0.39, 0.29) is 10.8 Å². The second-order valence-corrected chi connectivity index (χ2v) is 7.05. The molecule has 3 rings (SSSR count). The van der Waals surface area contributed by atoms with Crippen LogP contribution < -0.4 is 5.32 Å². The summed E-state index contributed by atoms with van der Waals surface area (Å²) in [7, 11) is 0. The van der Waals surface area contributed by atoms with Crippen LogP contribution in [-0.2, 0) is 6.54 Å². The van der Waals surface area contributed by atoms with E-state index in [0.717, 1.165) is 12.1 Å². The fourth-order valence-electron chi connectivity index (χ4n) is 3.14. The largest absolute Gasteiger partial charge is 0.305 e. The van der Waals surface area contributed by atoms with E-state index in [4.69, 9.17) is 11.6 Å². The number of hydrogen-bond acceptors (Lipinski definition) is 2. The van der Waals surface area contributed by atoms with Gasteiger partial charge in [0.05, 0.1) is 5.02 Å². The Balaban J connectivity index is 1.71. The Morgan fingerprint density at radius 2 is 2.10 bits per heavy atom. The summed E-state index contributed by atoms with van der Waals surface area (Å²) in [4.78, 5) is 1.40. The van der Waals surface area contributed by atoms with Crippen molar-refractivity contribution >= 4 is 22.9 Å². The molecule has 1 heterocycles. The molecule has 1 aromatic carbocycles. The summed E-state index contributed by atoms with van der Waals surface area (Å²) >= 11 is 7.67. The van der Waals surface area contributed by atoms with Crippen LogP contribution in [0.15, 0.2) is 35.7 Å². The van der Waals surface area contributed by atoms with Crippen molar-refractivity contribution in [2.45, 2.75) is 38.3 Å². The molecule has 21 heavy (non-hydrogen) atoms. The summed E-state index contributed by atoms with van der Waals surface area (Å²) in [6.07, 6.45) is 5.24. The number of thiophene rings is 1. The zero-order valence-electron chi connectivity index (χ0n) is 11.8. The van der Waals surface area contributed by atoms with Crippen LogP contribution in [0.3, 0.4) is 0 Å². The highest BCUT2D eigenvalue weighted by Crippen LogP contribution is 2.37. The molecule has 0 radical (unpaired) electrons. The summed E-state index contributed by atoms with van der Waals surface area (Å²) in [6.45, 7) is 0.721. The number of benzene rings is 1. The maximum absolute atomic E-state index is 13.2. The average molecular weight is 324 g/mol. The minimum atomic E-state index is -0.356. The predicted octanol–water partition coefficient (Wildman–Crippen LogP) is 5.56. The Morgan fingerprint density at radius 3 is 2.76 bits per heavy atom. The van der Waals surface area contributed by atoms with Gasteiger partial charge in [-0.1, -0.05) is 36.6 Å². The lowest BCUT2D eigenvalue weighted by molar-refractivity contribution is 0.371. The van der Waals surface area contributed by atoms with Gasteiger partial charge in [0.2, 0.25) is 0 Å². The molecule has 1 saturated carbocycles. The molecule has 1 atom stereocenters. The third-order valence-electron chi connectivity index (χ3n) is 4.23. The van der Waals surface area contributed by atoms with Crippen molar-refractivity contribution in [2.75, 3.05) is 0 Å². The van der Waals surface area contributed by atoms with E-state index in [1.165, 1.54) is 36.6 Å². The summed E-state index contributed by atoms with van der Waals surface area (Å²) in [6, 6.07) is 9.67. The van der Waals surface area contributed by atoms with Crippen LogP contribution in [0.2, 0.25) is 5.02 Å². The molecule has 0 amide bonds. The lowest BCUT2D eigenvalue weighted by atomic mass is 9.96. The molecule has 1 N–H and O–H groups in total. The van der Waals surface area contributed by atoms with Crippen molar-refractivity contribution < 1.29 is 4.39 Å². The first-order valence-electron chi connectivity index (χ1n) is 7.45. The Labute approximate surface area is 134 Å². The van der Waals surface area contributed by atoms with Gasteiger partial charge in [-0.2, -0.15) is 0 Å². The van der Waals surface area contributed by atoms with Crippen molar-refractivity contribution in [3.63, 3.8) is 0 Å². The van der Waals surface area contributed by atoms with E-state index in [2.05, 4.69) is 22.8 Å². The molecule has 0 aliphatic heterocycles. The van der Waals surface area contributed by atoms with Crippen LogP contribution in [0.1, 0.15) is 42.2 Å². The van der Waals surface area contributed by atoms with Crippen LogP contribution in [0.5, 0.6) is 0 Å². The van der Waals surface area contributed by atoms with E-state index < -0.39 is 0 Å². The third kappa shape index (κ3) is 3.65. The molecule has 0 saturated heterocycles. The second kappa shape index (κ2) is 6.91. The van der Waals surface area contributed by atoms with Gasteiger partial charge in [-0.3, -0.25) is 0 Å². The smallest absolute Gasteiger partial charge is 0.141 e. The van der Waals surface area contributed by atoms with Crippen molar-refractivity contribution in [1.29, 1.82) is 0 Å². The highest BCUT2D eigenvalue weighted by atomic mass is 35.5. The van der Waals surface area contributed by atoms with Crippen molar-refractivity contribution in [2.24, 2.45) is 5.92 Å². The SMILES string of the molecule is Fc1ccc(CNC(c2cccs2)C2CCCC2)cc1Cl. The monoisotopic (exact) mass is 323 g/mol. The van der Waals surface area contributed by atoms with Crippen LogP contribution in [-0.4, -0.2) is 0 Å².